The van der Waals surface area contributed by atoms with Gasteiger partial charge in [-0.15, -0.1) is 0 Å². The maximum Gasteiger partial charge on any atom is 0.242 e. The largest absolute Gasteiger partial charge is 0.491 e. The van der Waals surface area contributed by atoms with Crippen LogP contribution in [0.4, 0.5) is 0 Å². The van der Waals surface area contributed by atoms with Crippen LogP contribution in [0.3, 0.4) is 0 Å². The predicted molar refractivity (Wildman–Crippen MR) is 113 cm³/mol. The van der Waals surface area contributed by atoms with Gasteiger partial charge in [0.2, 0.25) is 6.71 Å². The quantitative estimate of drug-likeness (QED) is 0.360. The summed E-state index contributed by atoms with van der Waals surface area (Å²) in [6.45, 7) is 3.05. The Morgan fingerprint density at radius 3 is 1.72 bits per heavy atom. The highest BCUT2D eigenvalue weighted by Gasteiger charge is 2.34. The molecule has 0 aliphatic carbocycles. The van der Waals surface area contributed by atoms with E-state index < -0.39 is 0 Å². The molecule has 29 heavy (non-hydrogen) atoms. The van der Waals surface area contributed by atoms with Crippen LogP contribution in [0.15, 0.2) is 66.7 Å². The first-order valence-corrected chi connectivity index (χ1v) is 10.2. The molecule has 0 aromatic heterocycles. The van der Waals surface area contributed by atoms with Crippen LogP contribution in [0.1, 0.15) is 0 Å². The van der Waals surface area contributed by atoms with Crippen LogP contribution < -0.4 is 25.9 Å². The van der Waals surface area contributed by atoms with Crippen molar-refractivity contribution in [2.45, 2.75) is 12.2 Å². The maximum absolute atomic E-state index is 5.96. The van der Waals surface area contributed by atoms with Gasteiger partial charge in [0.25, 0.3) is 0 Å². The average molecular weight is 384 g/mol. The van der Waals surface area contributed by atoms with Crippen molar-refractivity contribution in [3.05, 3.63) is 66.7 Å². The summed E-state index contributed by atoms with van der Waals surface area (Å²) < 4.78 is 22.5. The van der Waals surface area contributed by atoms with E-state index in [1.807, 2.05) is 0 Å². The molecular weight excluding hydrogens is 363 g/mol. The van der Waals surface area contributed by atoms with Crippen molar-refractivity contribution in [1.82, 2.24) is 0 Å². The zero-order valence-corrected chi connectivity index (χ0v) is 16.0. The fourth-order valence-corrected chi connectivity index (χ4v) is 4.10. The zero-order chi connectivity index (χ0) is 19.2. The van der Waals surface area contributed by atoms with E-state index in [2.05, 4.69) is 66.7 Å². The van der Waals surface area contributed by atoms with E-state index in [9.17, 15) is 0 Å². The third kappa shape index (κ3) is 3.41. The Morgan fingerprint density at radius 1 is 0.724 bits per heavy atom. The van der Waals surface area contributed by atoms with Crippen LogP contribution in [-0.4, -0.2) is 45.3 Å². The van der Waals surface area contributed by atoms with Crippen molar-refractivity contribution < 1.29 is 18.9 Å². The van der Waals surface area contributed by atoms with Gasteiger partial charge in [-0.25, -0.2) is 0 Å². The average Bonchev–Trinajstić information content (AvgIpc) is 3.69. The first-order valence-electron chi connectivity index (χ1n) is 10.2. The smallest absolute Gasteiger partial charge is 0.242 e. The van der Waals surface area contributed by atoms with Crippen molar-refractivity contribution >= 4 is 23.1 Å². The Balaban J connectivity index is 1.39. The normalized spacial score (nSPS) is 20.8. The van der Waals surface area contributed by atoms with Crippen molar-refractivity contribution in [1.29, 1.82) is 0 Å². The van der Waals surface area contributed by atoms with Gasteiger partial charge in [-0.05, 0) is 35.4 Å². The minimum Gasteiger partial charge on any atom is -0.491 e. The molecule has 3 aromatic carbocycles. The zero-order valence-electron chi connectivity index (χ0n) is 16.0. The molecule has 0 radical (unpaired) electrons. The summed E-state index contributed by atoms with van der Waals surface area (Å²) >= 11 is 0. The fraction of sp³-hybridized carbons (Fsp3) is 0.250. The summed E-state index contributed by atoms with van der Waals surface area (Å²) in [7, 11) is 0. The third-order valence-corrected chi connectivity index (χ3v) is 5.77. The predicted octanol–water partition coefficient (Wildman–Crippen LogP) is 1.74. The minimum absolute atomic E-state index is 0.225. The van der Waals surface area contributed by atoms with Crippen LogP contribution in [0.25, 0.3) is 11.1 Å². The number of fused-ring (bicyclic) bond motifs is 3. The van der Waals surface area contributed by atoms with Crippen molar-refractivity contribution in [2.24, 2.45) is 0 Å². The summed E-state index contributed by atoms with van der Waals surface area (Å²) in [4.78, 5) is 0. The molecule has 3 heterocycles. The van der Waals surface area contributed by atoms with Crippen molar-refractivity contribution in [3.63, 3.8) is 0 Å². The molecule has 4 nitrogen and oxygen atoms in total. The number of rotatable bonds is 7. The standard InChI is InChI=1S/C24H21BO4/c1-2-4-16(5-3-1)25-23-8-6-17(26-12-19-14-28-19)10-21(23)22-11-18(7-9-24(22)25)27-13-20-15-29-20/h1-11,19-20H,12-15H2. The lowest BCUT2D eigenvalue weighted by Gasteiger charge is -2.11. The molecule has 0 spiro atoms. The number of ether oxygens (including phenoxy) is 4. The molecule has 3 aliphatic rings. The van der Waals surface area contributed by atoms with Gasteiger partial charge < -0.3 is 18.9 Å². The van der Waals surface area contributed by atoms with Crippen LogP contribution in [0, 0.1) is 0 Å². The minimum atomic E-state index is 0.225. The summed E-state index contributed by atoms with van der Waals surface area (Å²) in [5, 5.41) is 0. The molecule has 6 rings (SSSR count). The Hall–Kier alpha value is -2.76. The SMILES string of the molecule is c1ccc(B2c3ccc(OCC4CO4)cc3-c3cc(OCC4CO4)ccc32)cc1. The molecule has 144 valence electrons. The van der Waals surface area contributed by atoms with E-state index in [0.717, 1.165) is 24.7 Å². The second-order valence-corrected chi connectivity index (χ2v) is 7.87. The molecule has 0 saturated carbocycles. The fourth-order valence-electron chi connectivity index (χ4n) is 4.10. The number of benzene rings is 3. The first kappa shape index (κ1) is 17.1. The van der Waals surface area contributed by atoms with Gasteiger partial charge in [-0.3, -0.25) is 0 Å². The van der Waals surface area contributed by atoms with E-state index in [-0.39, 0.29) is 18.9 Å². The second-order valence-electron chi connectivity index (χ2n) is 7.87. The molecular formula is C24H21BO4. The first-order chi connectivity index (χ1) is 14.3. The van der Waals surface area contributed by atoms with Crippen molar-refractivity contribution in [2.75, 3.05) is 26.4 Å². The van der Waals surface area contributed by atoms with Gasteiger partial charge in [-0.2, -0.15) is 0 Å². The highest BCUT2D eigenvalue weighted by molar-refractivity contribution is 6.99. The van der Waals surface area contributed by atoms with Gasteiger partial charge >= 0.3 is 0 Å². The highest BCUT2D eigenvalue weighted by atomic mass is 16.6. The molecule has 0 bridgehead atoms. The Labute approximate surface area is 170 Å². The van der Waals surface area contributed by atoms with Crippen LogP contribution in [0.2, 0.25) is 0 Å². The molecule has 2 atom stereocenters. The van der Waals surface area contributed by atoms with Crippen LogP contribution in [0.5, 0.6) is 11.5 Å². The van der Waals surface area contributed by atoms with Gasteiger partial charge in [0.05, 0.1) is 13.2 Å². The van der Waals surface area contributed by atoms with E-state index in [1.54, 1.807) is 0 Å². The molecule has 5 heteroatoms. The van der Waals surface area contributed by atoms with E-state index in [1.165, 1.54) is 27.5 Å². The highest BCUT2D eigenvalue weighted by Crippen LogP contribution is 2.30. The lowest BCUT2D eigenvalue weighted by Crippen LogP contribution is -2.48. The molecule has 3 aliphatic heterocycles. The Bertz CT molecular complexity index is 979. The number of hydrogen-bond acceptors (Lipinski definition) is 4. The van der Waals surface area contributed by atoms with E-state index >= 15 is 0 Å². The number of hydrogen-bond donors (Lipinski definition) is 0. The molecule has 0 amide bonds. The lowest BCUT2D eigenvalue weighted by molar-refractivity contribution is 0.263. The third-order valence-electron chi connectivity index (χ3n) is 5.77. The molecule has 3 aromatic rings. The molecule has 2 fully saturated rings. The summed E-state index contributed by atoms with van der Waals surface area (Å²) in [5.41, 5.74) is 6.35. The van der Waals surface area contributed by atoms with E-state index in [0.29, 0.717) is 13.2 Å². The second kappa shape index (κ2) is 6.94. The van der Waals surface area contributed by atoms with Gasteiger partial charge in [0.15, 0.2) is 0 Å². The molecule has 2 saturated heterocycles. The summed E-state index contributed by atoms with van der Waals surface area (Å²) in [6.07, 6.45) is 0.495. The van der Waals surface area contributed by atoms with E-state index in [4.69, 9.17) is 18.9 Å². The van der Waals surface area contributed by atoms with Gasteiger partial charge in [0, 0.05) is 0 Å². The van der Waals surface area contributed by atoms with Crippen LogP contribution >= 0.6 is 0 Å². The Morgan fingerprint density at radius 2 is 1.24 bits per heavy atom. The van der Waals surface area contributed by atoms with Crippen LogP contribution in [-0.2, 0) is 9.47 Å². The topological polar surface area (TPSA) is 43.5 Å². The molecule has 0 N–H and O–H groups in total. The van der Waals surface area contributed by atoms with Crippen molar-refractivity contribution in [3.8, 4) is 22.6 Å². The lowest BCUT2D eigenvalue weighted by atomic mass is 9.39. The van der Waals surface area contributed by atoms with Gasteiger partial charge in [-0.1, -0.05) is 58.9 Å². The Kier molecular flexibility index (Phi) is 4.10. The van der Waals surface area contributed by atoms with Gasteiger partial charge in [0.1, 0.15) is 36.9 Å². The molecule has 2 unspecified atom stereocenters. The monoisotopic (exact) mass is 384 g/mol. The maximum atomic E-state index is 5.96. The number of epoxide rings is 2. The summed E-state index contributed by atoms with van der Waals surface area (Å²) in [5.74, 6) is 1.77. The summed E-state index contributed by atoms with van der Waals surface area (Å²) in [6, 6.07) is 23.6.